The Bertz CT molecular complexity index is 843. The Morgan fingerprint density at radius 1 is 0.657 bits per heavy atom. The molecule has 0 aliphatic carbocycles. The summed E-state index contributed by atoms with van der Waals surface area (Å²) in [6.07, 6.45) is 4.70. The van der Waals surface area contributed by atoms with E-state index in [9.17, 15) is 9.59 Å². The van der Waals surface area contributed by atoms with Crippen LogP contribution in [0.25, 0.3) is 0 Å². The third-order valence-corrected chi connectivity index (χ3v) is 5.41. The van der Waals surface area contributed by atoms with E-state index in [4.69, 9.17) is 0 Å². The molecular formula is C27H42N6O2. The number of unbranched alkanes of at least 4 members (excludes halogenated alkanes) is 2. The van der Waals surface area contributed by atoms with Crippen molar-refractivity contribution in [3.8, 4) is 0 Å². The maximum absolute atomic E-state index is 12.2. The van der Waals surface area contributed by atoms with E-state index in [-0.39, 0.29) is 12.1 Å². The van der Waals surface area contributed by atoms with Crippen LogP contribution in [0.3, 0.4) is 0 Å². The third kappa shape index (κ3) is 12.8. The van der Waals surface area contributed by atoms with Gasteiger partial charge in [-0.15, -0.1) is 0 Å². The van der Waals surface area contributed by atoms with Crippen LogP contribution in [0.4, 0.5) is 21.0 Å². The summed E-state index contributed by atoms with van der Waals surface area (Å²) in [5.41, 5.74) is 3.68. The molecule has 0 spiro atoms. The summed E-state index contributed by atoms with van der Waals surface area (Å²) in [6, 6.07) is 15.3. The van der Waals surface area contributed by atoms with E-state index in [1.165, 1.54) is 0 Å². The van der Waals surface area contributed by atoms with Crippen molar-refractivity contribution in [2.45, 2.75) is 32.1 Å². The van der Waals surface area contributed by atoms with Crippen molar-refractivity contribution in [3.63, 3.8) is 0 Å². The second kappa shape index (κ2) is 15.7. The quantitative estimate of drug-likeness (QED) is 0.304. The fraction of sp³-hybridized carbons (Fsp3) is 0.481. The molecule has 35 heavy (non-hydrogen) atoms. The normalized spacial score (nSPS) is 10.9. The van der Waals surface area contributed by atoms with Crippen LogP contribution in [0.2, 0.25) is 0 Å². The van der Waals surface area contributed by atoms with Gasteiger partial charge in [-0.3, -0.25) is 0 Å². The first kappa shape index (κ1) is 28.1. The first-order chi connectivity index (χ1) is 16.8. The van der Waals surface area contributed by atoms with Gasteiger partial charge in [-0.25, -0.2) is 9.59 Å². The number of rotatable bonds is 14. The minimum Gasteiger partial charge on any atom is -0.338 e. The lowest BCUT2D eigenvalue weighted by molar-refractivity contribution is 0.251. The van der Waals surface area contributed by atoms with E-state index in [0.29, 0.717) is 19.5 Å². The highest BCUT2D eigenvalue weighted by Crippen LogP contribution is 2.17. The molecule has 0 fully saturated rings. The predicted octanol–water partition coefficient (Wildman–Crippen LogP) is 4.20. The summed E-state index contributed by atoms with van der Waals surface area (Å²) in [7, 11) is 8.19. The van der Waals surface area contributed by atoms with E-state index in [0.717, 1.165) is 61.3 Å². The molecular weight excluding hydrogens is 440 g/mol. The number of hydrogen-bond donors (Lipinski definition) is 4. The largest absolute Gasteiger partial charge is 0.338 e. The highest BCUT2D eigenvalue weighted by Gasteiger charge is 2.05. The number of carbonyl (C=O) groups is 2. The summed E-state index contributed by atoms with van der Waals surface area (Å²) in [5, 5.41) is 11.6. The average molecular weight is 483 g/mol. The van der Waals surface area contributed by atoms with Crippen molar-refractivity contribution in [1.82, 2.24) is 20.4 Å². The molecule has 2 rings (SSSR count). The SMILES string of the molecule is CN(C)CCCCNC(=O)Nc1cccc(Cc2cccc(NC(=O)NCCCCN(C)C)c2)c1. The minimum atomic E-state index is -0.189. The lowest BCUT2D eigenvalue weighted by Crippen LogP contribution is -2.30. The Morgan fingerprint density at radius 2 is 1.09 bits per heavy atom. The summed E-state index contributed by atoms with van der Waals surface area (Å²) in [4.78, 5) is 28.7. The number of nitrogens with zero attached hydrogens (tertiary/aromatic N) is 2. The first-order valence-corrected chi connectivity index (χ1v) is 12.4. The number of benzene rings is 2. The maximum atomic E-state index is 12.2. The van der Waals surface area contributed by atoms with Crippen molar-refractivity contribution in [2.24, 2.45) is 0 Å². The Hall–Kier alpha value is -3.10. The number of amides is 4. The van der Waals surface area contributed by atoms with Gasteiger partial charge in [-0.1, -0.05) is 24.3 Å². The van der Waals surface area contributed by atoms with Gasteiger partial charge >= 0.3 is 12.1 Å². The third-order valence-electron chi connectivity index (χ3n) is 5.41. The van der Waals surface area contributed by atoms with Crippen LogP contribution in [0.1, 0.15) is 36.8 Å². The lowest BCUT2D eigenvalue weighted by Gasteiger charge is -2.12. The van der Waals surface area contributed by atoms with Crippen molar-refractivity contribution in [3.05, 3.63) is 59.7 Å². The number of anilines is 2. The molecule has 0 bridgehead atoms. The summed E-state index contributed by atoms with van der Waals surface area (Å²) < 4.78 is 0. The smallest absolute Gasteiger partial charge is 0.319 e. The molecule has 0 radical (unpaired) electrons. The van der Waals surface area contributed by atoms with Crippen LogP contribution in [0.5, 0.6) is 0 Å². The Kier molecular flexibility index (Phi) is 12.7. The molecule has 0 aliphatic rings. The standard InChI is InChI=1S/C27H42N6O2/c1-32(2)17-7-5-15-28-26(34)30-24-13-9-11-22(20-24)19-23-12-10-14-25(21-23)31-27(35)29-16-6-8-18-33(3)4/h9-14,20-21H,5-8,15-19H2,1-4H3,(H2,28,30,34)(H2,29,31,35). The van der Waals surface area contributed by atoms with Gasteiger partial charge < -0.3 is 31.1 Å². The average Bonchev–Trinajstić information content (AvgIpc) is 2.78. The number of urea groups is 2. The number of hydrogen-bond acceptors (Lipinski definition) is 4. The highest BCUT2D eigenvalue weighted by atomic mass is 16.2. The second-order valence-electron chi connectivity index (χ2n) is 9.36. The van der Waals surface area contributed by atoms with E-state index < -0.39 is 0 Å². The molecule has 0 unspecified atom stereocenters. The van der Waals surface area contributed by atoms with E-state index in [1.807, 2.05) is 76.7 Å². The van der Waals surface area contributed by atoms with Gasteiger partial charge in [0.05, 0.1) is 0 Å². The maximum Gasteiger partial charge on any atom is 0.319 e. The molecule has 2 aromatic rings. The molecule has 8 nitrogen and oxygen atoms in total. The lowest BCUT2D eigenvalue weighted by atomic mass is 10.0. The van der Waals surface area contributed by atoms with Crippen molar-refractivity contribution < 1.29 is 9.59 Å². The fourth-order valence-corrected chi connectivity index (χ4v) is 3.61. The topological polar surface area (TPSA) is 88.7 Å². The van der Waals surface area contributed by atoms with E-state index in [2.05, 4.69) is 31.1 Å². The van der Waals surface area contributed by atoms with Crippen molar-refractivity contribution in [1.29, 1.82) is 0 Å². The fourth-order valence-electron chi connectivity index (χ4n) is 3.61. The molecule has 0 heterocycles. The van der Waals surface area contributed by atoms with Gasteiger partial charge in [0, 0.05) is 24.5 Å². The van der Waals surface area contributed by atoms with Crippen LogP contribution < -0.4 is 21.3 Å². The first-order valence-electron chi connectivity index (χ1n) is 12.4. The molecule has 0 aromatic heterocycles. The molecule has 8 heteroatoms. The van der Waals surface area contributed by atoms with Gasteiger partial charge in [0.15, 0.2) is 0 Å². The summed E-state index contributed by atoms with van der Waals surface area (Å²) in [6.45, 7) is 3.35. The highest BCUT2D eigenvalue weighted by molar-refractivity contribution is 5.89. The molecule has 2 aromatic carbocycles. The van der Waals surface area contributed by atoms with Crippen LogP contribution in [-0.2, 0) is 6.42 Å². The van der Waals surface area contributed by atoms with Crippen molar-refractivity contribution in [2.75, 3.05) is 65.0 Å². The zero-order valence-electron chi connectivity index (χ0n) is 21.7. The van der Waals surface area contributed by atoms with Gasteiger partial charge in [0.2, 0.25) is 0 Å². The molecule has 4 amide bonds. The zero-order chi connectivity index (χ0) is 25.5. The van der Waals surface area contributed by atoms with Gasteiger partial charge in [-0.2, -0.15) is 0 Å². The molecule has 0 saturated carbocycles. The van der Waals surface area contributed by atoms with Gasteiger partial charge in [0.25, 0.3) is 0 Å². The van der Waals surface area contributed by atoms with Crippen LogP contribution in [-0.4, -0.2) is 76.2 Å². The van der Waals surface area contributed by atoms with Gasteiger partial charge in [-0.05, 0) is 109 Å². The van der Waals surface area contributed by atoms with Crippen LogP contribution >= 0.6 is 0 Å². The molecule has 4 N–H and O–H groups in total. The second-order valence-corrected chi connectivity index (χ2v) is 9.36. The van der Waals surface area contributed by atoms with Crippen molar-refractivity contribution >= 4 is 23.4 Å². The molecule has 192 valence electrons. The number of carbonyl (C=O) groups excluding carboxylic acids is 2. The van der Waals surface area contributed by atoms with E-state index >= 15 is 0 Å². The summed E-state index contributed by atoms with van der Waals surface area (Å²) >= 11 is 0. The predicted molar refractivity (Wildman–Crippen MR) is 145 cm³/mol. The van der Waals surface area contributed by atoms with E-state index in [1.54, 1.807) is 0 Å². The molecule has 0 atom stereocenters. The van der Waals surface area contributed by atoms with Gasteiger partial charge in [0.1, 0.15) is 0 Å². The zero-order valence-corrected chi connectivity index (χ0v) is 21.7. The monoisotopic (exact) mass is 482 g/mol. The van der Waals surface area contributed by atoms with Crippen LogP contribution in [0.15, 0.2) is 48.5 Å². The summed E-state index contributed by atoms with van der Waals surface area (Å²) in [5.74, 6) is 0. The Balaban J connectivity index is 1.79. The number of nitrogens with one attached hydrogen (secondary N) is 4. The molecule has 0 saturated heterocycles. The Morgan fingerprint density at radius 3 is 1.49 bits per heavy atom. The molecule has 0 aliphatic heterocycles. The minimum absolute atomic E-state index is 0.189. The van der Waals surface area contributed by atoms with Crippen LogP contribution in [0, 0.1) is 0 Å². The Labute approximate surface area is 210 Å².